The molecule has 2 aromatic heterocycles. The fraction of sp³-hybridized carbons (Fsp3) is 0.238. The molecule has 3 heteroatoms. The summed E-state index contributed by atoms with van der Waals surface area (Å²) in [6, 6.07) is 21.0. The van der Waals surface area contributed by atoms with Gasteiger partial charge in [0.1, 0.15) is 0 Å². The number of aromatic nitrogens is 2. The Labute approximate surface area is 144 Å². The monoisotopic (exact) mass is 317 g/mol. The third-order valence-electron chi connectivity index (χ3n) is 4.06. The van der Waals surface area contributed by atoms with Crippen LogP contribution in [0.25, 0.3) is 0 Å². The summed E-state index contributed by atoms with van der Waals surface area (Å²) in [7, 11) is 0. The Morgan fingerprint density at radius 2 is 1.33 bits per heavy atom. The number of hydrogen-bond donors (Lipinski definition) is 0. The number of hydrogen-bond acceptors (Lipinski definition) is 3. The zero-order valence-electron chi connectivity index (χ0n) is 14.1. The van der Waals surface area contributed by atoms with Crippen molar-refractivity contribution < 1.29 is 0 Å². The second-order valence-corrected chi connectivity index (χ2v) is 6.09. The Bertz CT molecular complexity index is 683. The molecule has 0 saturated carbocycles. The van der Waals surface area contributed by atoms with Crippen LogP contribution in [0.4, 0.5) is 0 Å². The summed E-state index contributed by atoms with van der Waals surface area (Å²) in [6.45, 7) is 4.78. The predicted molar refractivity (Wildman–Crippen MR) is 97.5 cm³/mol. The maximum absolute atomic E-state index is 4.46. The van der Waals surface area contributed by atoms with Crippen molar-refractivity contribution in [3.63, 3.8) is 0 Å². The SMILES string of the molecule is Cc1ccc(CCN(Cc2ccccn2)Cc2ccccn2)cc1. The van der Waals surface area contributed by atoms with E-state index in [1.54, 1.807) is 0 Å². The first-order chi connectivity index (χ1) is 11.8. The van der Waals surface area contributed by atoms with Crippen LogP contribution in [-0.4, -0.2) is 21.4 Å². The maximum atomic E-state index is 4.46. The van der Waals surface area contributed by atoms with E-state index in [2.05, 4.69) is 58.2 Å². The Kier molecular flexibility index (Phi) is 5.70. The summed E-state index contributed by atoms with van der Waals surface area (Å²) >= 11 is 0. The van der Waals surface area contributed by atoms with Crippen LogP contribution in [0.3, 0.4) is 0 Å². The van der Waals surface area contributed by atoms with E-state index in [0.29, 0.717) is 0 Å². The van der Waals surface area contributed by atoms with Crippen molar-refractivity contribution in [2.24, 2.45) is 0 Å². The molecule has 2 heterocycles. The lowest BCUT2D eigenvalue weighted by atomic mass is 10.1. The van der Waals surface area contributed by atoms with Crippen molar-refractivity contribution in [1.29, 1.82) is 0 Å². The topological polar surface area (TPSA) is 29.0 Å². The number of pyridine rings is 2. The van der Waals surface area contributed by atoms with Crippen LogP contribution >= 0.6 is 0 Å². The van der Waals surface area contributed by atoms with Crippen LogP contribution in [0.15, 0.2) is 73.1 Å². The fourth-order valence-electron chi connectivity index (χ4n) is 2.70. The molecule has 0 radical (unpaired) electrons. The van der Waals surface area contributed by atoms with E-state index in [1.165, 1.54) is 11.1 Å². The van der Waals surface area contributed by atoms with Crippen LogP contribution in [0.2, 0.25) is 0 Å². The van der Waals surface area contributed by atoms with Gasteiger partial charge in [0.15, 0.2) is 0 Å². The highest BCUT2D eigenvalue weighted by atomic mass is 15.1. The highest BCUT2D eigenvalue weighted by Crippen LogP contribution is 2.10. The van der Waals surface area contributed by atoms with Crippen molar-refractivity contribution in [1.82, 2.24) is 14.9 Å². The Morgan fingerprint density at radius 3 is 1.83 bits per heavy atom. The zero-order chi connectivity index (χ0) is 16.6. The first-order valence-electron chi connectivity index (χ1n) is 8.37. The molecule has 0 fully saturated rings. The minimum Gasteiger partial charge on any atom is -0.291 e. The quantitative estimate of drug-likeness (QED) is 0.659. The number of aryl methyl sites for hydroxylation is 1. The molecule has 0 aliphatic rings. The fourth-order valence-corrected chi connectivity index (χ4v) is 2.70. The highest BCUT2D eigenvalue weighted by Gasteiger charge is 2.09. The Morgan fingerprint density at radius 1 is 0.750 bits per heavy atom. The van der Waals surface area contributed by atoms with Crippen molar-refractivity contribution in [3.8, 4) is 0 Å². The van der Waals surface area contributed by atoms with E-state index in [1.807, 2.05) is 36.7 Å². The van der Waals surface area contributed by atoms with Gasteiger partial charge in [-0.25, -0.2) is 0 Å². The molecule has 3 rings (SSSR count). The first kappa shape index (κ1) is 16.3. The number of nitrogens with zero attached hydrogens (tertiary/aromatic N) is 3. The summed E-state index contributed by atoms with van der Waals surface area (Å²) in [6.07, 6.45) is 4.74. The number of rotatable bonds is 7. The molecule has 0 aliphatic carbocycles. The van der Waals surface area contributed by atoms with Gasteiger partial charge in [-0.05, 0) is 43.2 Å². The molecular formula is C21H23N3. The molecule has 0 spiro atoms. The van der Waals surface area contributed by atoms with Gasteiger partial charge in [0.05, 0.1) is 11.4 Å². The summed E-state index contributed by atoms with van der Waals surface area (Å²) in [5.41, 5.74) is 4.86. The van der Waals surface area contributed by atoms with Gasteiger partial charge in [-0.1, -0.05) is 42.0 Å². The first-order valence-corrected chi connectivity index (χ1v) is 8.37. The smallest absolute Gasteiger partial charge is 0.0544 e. The van der Waals surface area contributed by atoms with Gasteiger partial charge in [-0.2, -0.15) is 0 Å². The predicted octanol–water partition coefficient (Wildman–Crippen LogP) is 4.03. The van der Waals surface area contributed by atoms with Crippen LogP contribution < -0.4 is 0 Å². The van der Waals surface area contributed by atoms with Crippen molar-refractivity contribution in [2.75, 3.05) is 6.54 Å². The lowest BCUT2D eigenvalue weighted by molar-refractivity contribution is 0.254. The average molecular weight is 317 g/mol. The molecule has 0 amide bonds. The number of benzene rings is 1. The summed E-state index contributed by atoms with van der Waals surface area (Å²) in [4.78, 5) is 11.3. The molecule has 122 valence electrons. The lowest BCUT2D eigenvalue weighted by Crippen LogP contribution is -2.26. The molecule has 0 saturated heterocycles. The lowest BCUT2D eigenvalue weighted by Gasteiger charge is -2.21. The van der Waals surface area contributed by atoms with Gasteiger partial charge in [0.2, 0.25) is 0 Å². The maximum Gasteiger partial charge on any atom is 0.0544 e. The average Bonchev–Trinajstić information content (AvgIpc) is 2.63. The van der Waals surface area contributed by atoms with E-state index >= 15 is 0 Å². The second-order valence-electron chi connectivity index (χ2n) is 6.09. The summed E-state index contributed by atoms with van der Waals surface area (Å²) in [5.74, 6) is 0. The van der Waals surface area contributed by atoms with Gasteiger partial charge in [0, 0.05) is 32.0 Å². The minimum absolute atomic E-state index is 0.837. The van der Waals surface area contributed by atoms with Crippen molar-refractivity contribution in [3.05, 3.63) is 95.6 Å². The van der Waals surface area contributed by atoms with Crippen LogP contribution in [-0.2, 0) is 19.5 Å². The van der Waals surface area contributed by atoms with E-state index in [9.17, 15) is 0 Å². The van der Waals surface area contributed by atoms with Gasteiger partial charge in [-0.15, -0.1) is 0 Å². The minimum atomic E-state index is 0.837. The molecule has 0 bridgehead atoms. The van der Waals surface area contributed by atoms with Crippen LogP contribution in [0, 0.1) is 6.92 Å². The standard InChI is InChI=1S/C21H23N3/c1-18-8-10-19(11-9-18)12-15-24(16-20-6-2-4-13-22-20)17-21-7-3-5-14-23-21/h2-11,13-14H,12,15-17H2,1H3. The van der Waals surface area contributed by atoms with Gasteiger partial charge < -0.3 is 0 Å². The Hall–Kier alpha value is -2.52. The van der Waals surface area contributed by atoms with Gasteiger partial charge in [0.25, 0.3) is 0 Å². The van der Waals surface area contributed by atoms with E-state index < -0.39 is 0 Å². The van der Waals surface area contributed by atoms with Crippen molar-refractivity contribution >= 4 is 0 Å². The van der Waals surface area contributed by atoms with Crippen LogP contribution in [0.1, 0.15) is 22.5 Å². The third-order valence-corrected chi connectivity index (χ3v) is 4.06. The molecule has 3 aromatic rings. The largest absolute Gasteiger partial charge is 0.291 e. The van der Waals surface area contributed by atoms with E-state index in [4.69, 9.17) is 0 Å². The molecule has 0 N–H and O–H groups in total. The van der Waals surface area contributed by atoms with E-state index in [0.717, 1.165) is 37.4 Å². The molecule has 0 atom stereocenters. The van der Waals surface area contributed by atoms with E-state index in [-0.39, 0.29) is 0 Å². The Balaban J connectivity index is 1.67. The zero-order valence-corrected chi connectivity index (χ0v) is 14.1. The van der Waals surface area contributed by atoms with Gasteiger partial charge in [-0.3, -0.25) is 14.9 Å². The molecule has 0 unspecified atom stereocenters. The van der Waals surface area contributed by atoms with Crippen molar-refractivity contribution in [2.45, 2.75) is 26.4 Å². The summed E-state index contributed by atoms with van der Waals surface area (Å²) in [5, 5.41) is 0. The van der Waals surface area contributed by atoms with Gasteiger partial charge >= 0.3 is 0 Å². The molecular weight excluding hydrogens is 294 g/mol. The molecule has 3 nitrogen and oxygen atoms in total. The highest BCUT2D eigenvalue weighted by molar-refractivity contribution is 5.21. The molecule has 0 aliphatic heterocycles. The normalized spacial score (nSPS) is 10.9. The van der Waals surface area contributed by atoms with Crippen LogP contribution in [0.5, 0.6) is 0 Å². The molecule has 1 aromatic carbocycles. The molecule has 24 heavy (non-hydrogen) atoms. The second kappa shape index (κ2) is 8.37. The third kappa shape index (κ3) is 5.00. The summed E-state index contributed by atoms with van der Waals surface area (Å²) < 4.78 is 0.